The molecule has 0 aromatic heterocycles. The van der Waals surface area contributed by atoms with Crippen molar-refractivity contribution >= 4 is 40.7 Å². The number of hydrogen-bond donors (Lipinski definition) is 1. The Morgan fingerprint density at radius 3 is 2.25 bits per heavy atom. The third-order valence-electron chi connectivity index (χ3n) is 3.48. The van der Waals surface area contributed by atoms with Gasteiger partial charge in [0.05, 0.1) is 10.0 Å². The lowest BCUT2D eigenvalue weighted by Gasteiger charge is -2.21. The second-order valence-corrected chi connectivity index (χ2v) is 6.14. The molecule has 6 heteroatoms. The number of amides is 2. The standard InChI is InChI=1S/C18H18Cl2N2O2/c1-3-22(11-13-4-9-16(19)17(20)10-13)18(24)14-5-7-15(8-6-14)21-12(2)23/h4-10H,3,11H2,1-2H3,(H,21,23). The first-order valence-corrected chi connectivity index (χ1v) is 8.27. The molecule has 126 valence electrons. The fourth-order valence-electron chi connectivity index (χ4n) is 2.27. The second-order valence-electron chi connectivity index (χ2n) is 5.33. The fraction of sp³-hybridized carbons (Fsp3) is 0.222. The van der Waals surface area contributed by atoms with Crippen molar-refractivity contribution in [1.82, 2.24) is 4.90 Å². The minimum atomic E-state index is -0.149. The number of nitrogens with one attached hydrogen (secondary N) is 1. The zero-order valence-electron chi connectivity index (χ0n) is 13.5. The van der Waals surface area contributed by atoms with Crippen LogP contribution in [0.5, 0.6) is 0 Å². The molecule has 0 radical (unpaired) electrons. The summed E-state index contributed by atoms with van der Waals surface area (Å²) in [6.45, 7) is 4.36. The molecule has 0 aliphatic heterocycles. The summed E-state index contributed by atoms with van der Waals surface area (Å²) in [5.74, 6) is -0.234. The van der Waals surface area contributed by atoms with Crippen molar-refractivity contribution in [2.45, 2.75) is 20.4 Å². The van der Waals surface area contributed by atoms with Gasteiger partial charge >= 0.3 is 0 Å². The normalized spacial score (nSPS) is 10.3. The van der Waals surface area contributed by atoms with Gasteiger partial charge in [0.1, 0.15) is 0 Å². The van der Waals surface area contributed by atoms with Crippen molar-refractivity contribution in [1.29, 1.82) is 0 Å². The van der Waals surface area contributed by atoms with E-state index in [2.05, 4.69) is 5.32 Å². The maximum absolute atomic E-state index is 12.6. The summed E-state index contributed by atoms with van der Waals surface area (Å²) in [4.78, 5) is 25.4. The highest BCUT2D eigenvalue weighted by Crippen LogP contribution is 2.23. The zero-order chi connectivity index (χ0) is 17.7. The molecule has 0 spiro atoms. The number of nitrogens with zero attached hydrogens (tertiary/aromatic N) is 1. The summed E-state index contributed by atoms with van der Waals surface area (Å²) in [5, 5.41) is 3.63. The molecule has 0 unspecified atom stereocenters. The summed E-state index contributed by atoms with van der Waals surface area (Å²) in [6.07, 6.45) is 0. The van der Waals surface area contributed by atoms with Gasteiger partial charge in [-0.05, 0) is 48.9 Å². The molecule has 1 N–H and O–H groups in total. The molecule has 0 atom stereocenters. The summed E-state index contributed by atoms with van der Waals surface area (Å²) >= 11 is 11.9. The average Bonchev–Trinajstić information content (AvgIpc) is 2.55. The SMILES string of the molecule is CCN(Cc1ccc(Cl)c(Cl)c1)C(=O)c1ccc(NC(C)=O)cc1. The maximum Gasteiger partial charge on any atom is 0.254 e. The van der Waals surface area contributed by atoms with E-state index in [4.69, 9.17) is 23.2 Å². The van der Waals surface area contributed by atoms with Crippen molar-refractivity contribution in [2.24, 2.45) is 0 Å². The van der Waals surface area contributed by atoms with E-state index in [1.165, 1.54) is 6.92 Å². The number of hydrogen-bond acceptors (Lipinski definition) is 2. The number of rotatable bonds is 5. The molecule has 2 rings (SSSR count). The number of benzene rings is 2. The van der Waals surface area contributed by atoms with Crippen molar-refractivity contribution in [2.75, 3.05) is 11.9 Å². The molecule has 0 aliphatic rings. The van der Waals surface area contributed by atoms with Crippen LogP contribution in [0.2, 0.25) is 10.0 Å². The highest BCUT2D eigenvalue weighted by atomic mass is 35.5. The van der Waals surface area contributed by atoms with E-state index in [0.29, 0.717) is 34.4 Å². The van der Waals surface area contributed by atoms with Gasteiger partial charge < -0.3 is 10.2 Å². The Morgan fingerprint density at radius 2 is 1.71 bits per heavy atom. The first-order chi connectivity index (χ1) is 11.4. The number of anilines is 1. The molecule has 0 saturated carbocycles. The molecule has 0 saturated heterocycles. The Balaban J connectivity index is 2.12. The van der Waals surface area contributed by atoms with Gasteiger partial charge in [-0.15, -0.1) is 0 Å². The van der Waals surface area contributed by atoms with E-state index in [1.807, 2.05) is 13.0 Å². The van der Waals surface area contributed by atoms with Crippen LogP contribution in [0.25, 0.3) is 0 Å². The largest absolute Gasteiger partial charge is 0.335 e. The lowest BCUT2D eigenvalue weighted by atomic mass is 10.1. The summed E-state index contributed by atoms with van der Waals surface area (Å²) in [5.41, 5.74) is 2.13. The Labute approximate surface area is 151 Å². The van der Waals surface area contributed by atoms with Gasteiger partial charge in [0.2, 0.25) is 5.91 Å². The lowest BCUT2D eigenvalue weighted by Crippen LogP contribution is -2.30. The first kappa shape index (κ1) is 18.3. The van der Waals surface area contributed by atoms with Crippen molar-refractivity contribution in [3.8, 4) is 0 Å². The summed E-state index contributed by atoms with van der Waals surface area (Å²) in [6, 6.07) is 12.2. The highest BCUT2D eigenvalue weighted by molar-refractivity contribution is 6.42. The van der Waals surface area contributed by atoms with Crippen LogP contribution < -0.4 is 5.32 Å². The van der Waals surface area contributed by atoms with Gasteiger partial charge in [0.25, 0.3) is 5.91 Å². The van der Waals surface area contributed by atoms with Gasteiger partial charge in [0.15, 0.2) is 0 Å². The van der Waals surface area contributed by atoms with Gasteiger partial charge in [-0.25, -0.2) is 0 Å². The molecule has 0 aliphatic carbocycles. The quantitative estimate of drug-likeness (QED) is 0.841. The topological polar surface area (TPSA) is 49.4 Å². The number of carbonyl (C=O) groups is 2. The van der Waals surface area contributed by atoms with Crippen molar-refractivity contribution in [3.05, 3.63) is 63.6 Å². The fourth-order valence-corrected chi connectivity index (χ4v) is 2.59. The molecule has 2 amide bonds. The molecule has 4 nitrogen and oxygen atoms in total. The average molecular weight is 365 g/mol. The number of carbonyl (C=O) groups excluding carboxylic acids is 2. The molecule has 0 heterocycles. The van der Waals surface area contributed by atoms with Crippen LogP contribution in [-0.2, 0) is 11.3 Å². The van der Waals surface area contributed by atoms with Crippen LogP contribution >= 0.6 is 23.2 Å². The lowest BCUT2D eigenvalue weighted by molar-refractivity contribution is -0.114. The zero-order valence-corrected chi connectivity index (χ0v) is 15.0. The van der Waals surface area contributed by atoms with Gasteiger partial charge in [0, 0.05) is 31.3 Å². The van der Waals surface area contributed by atoms with Gasteiger partial charge in [-0.1, -0.05) is 29.3 Å². The summed E-state index contributed by atoms with van der Waals surface area (Å²) < 4.78 is 0. The van der Waals surface area contributed by atoms with E-state index >= 15 is 0 Å². The van der Waals surface area contributed by atoms with E-state index in [0.717, 1.165) is 5.56 Å². The monoisotopic (exact) mass is 364 g/mol. The first-order valence-electron chi connectivity index (χ1n) is 7.51. The number of halogens is 2. The summed E-state index contributed by atoms with van der Waals surface area (Å²) in [7, 11) is 0. The Hall–Kier alpha value is -2.04. The molecular formula is C18H18Cl2N2O2. The Morgan fingerprint density at radius 1 is 1.04 bits per heavy atom. The van der Waals surface area contributed by atoms with Crippen molar-refractivity contribution in [3.63, 3.8) is 0 Å². The molecule has 2 aromatic rings. The van der Waals surface area contributed by atoms with E-state index in [1.54, 1.807) is 41.3 Å². The van der Waals surface area contributed by atoms with Gasteiger partial charge in [-0.2, -0.15) is 0 Å². The Bertz CT molecular complexity index is 745. The molecule has 24 heavy (non-hydrogen) atoms. The predicted molar refractivity (Wildman–Crippen MR) is 97.6 cm³/mol. The van der Waals surface area contributed by atoms with E-state index < -0.39 is 0 Å². The predicted octanol–water partition coefficient (Wildman–Crippen LogP) is 4.61. The minimum Gasteiger partial charge on any atom is -0.335 e. The van der Waals surface area contributed by atoms with Gasteiger partial charge in [-0.3, -0.25) is 9.59 Å². The van der Waals surface area contributed by atoms with Crippen LogP contribution in [0.4, 0.5) is 5.69 Å². The van der Waals surface area contributed by atoms with Crippen LogP contribution in [0.3, 0.4) is 0 Å². The second kappa shape index (κ2) is 8.18. The van der Waals surface area contributed by atoms with Crippen LogP contribution in [0.15, 0.2) is 42.5 Å². The third kappa shape index (κ3) is 4.73. The molecule has 0 fully saturated rings. The van der Waals surface area contributed by atoms with Crippen LogP contribution in [0, 0.1) is 0 Å². The maximum atomic E-state index is 12.6. The van der Waals surface area contributed by atoms with Crippen LogP contribution in [-0.4, -0.2) is 23.3 Å². The van der Waals surface area contributed by atoms with Crippen LogP contribution in [0.1, 0.15) is 29.8 Å². The molecular weight excluding hydrogens is 347 g/mol. The molecule has 0 bridgehead atoms. The smallest absolute Gasteiger partial charge is 0.254 e. The van der Waals surface area contributed by atoms with E-state index in [-0.39, 0.29) is 11.8 Å². The minimum absolute atomic E-state index is 0.0852. The third-order valence-corrected chi connectivity index (χ3v) is 4.22. The highest BCUT2D eigenvalue weighted by Gasteiger charge is 2.15. The van der Waals surface area contributed by atoms with E-state index in [9.17, 15) is 9.59 Å². The molecule has 2 aromatic carbocycles. The Kier molecular flexibility index (Phi) is 6.23. The van der Waals surface area contributed by atoms with Crippen molar-refractivity contribution < 1.29 is 9.59 Å².